The quantitative estimate of drug-likeness (QED) is 0.0809. The number of rotatable bonds is 13. The molecule has 1 amide bonds. The van der Waals surface area contributed by atoms with Crippen LogP contribution in [-0.2, 0) is 17.8 Å². The minimum Gasteiger partial charge on any atom is -0.331 e. The van der Waals surface area contributed by atoms with Gasteiger partial charge in [0.05, 0.1) is 32.9 Å². The average Bonchev–Trinajstić information content (AvgIpc) is 3.48. The lowest BCUT2D eigenvalue weighted by atomic mass is 9.95. The van der Waals surface area contributed by atoms with Gasteiger partial charge in [-0.25, -0.2) is 15.4 Å². The van der Waals surface area contributed by atoms with Crippen molar-refractivity contribution < 1.29 is 9.72 Å². The van der Waals surface area contributed by atoms with Crippen molar-refractivity contribution >= 4 is 73.7 Å². The highest BCUT2D eigenvalue weighted by molar-refractivity contribution is 9.10. The molecule has 9 nitrogen and oxygen atoms in total. The SMILES string of the molecule is CC[C@H](C)CCNN(C(=O)C(Cc1cccc(Cl)c1Cl)c1cncn1Cc1ccc([N+](=O)[O-])cc1)C(=S)Nc1ccc(Br)cc1. The monoisotopic (exact) mass is 730 g/mol. The predicted molar refractivity (Wildman–Crippen MR) is 187 cm³/mol. The number of halogens is 3. The smallest absolute Gasteiger partial charge is 0.269 e. The predicted octanol–water partition coefficient (Wildman–Crippen LogP) is 8.40. The maximum atomic E-state index is 14.6. The number of carbonyl (C=O) groups excluding carboxylic acids is 1. The Kier molecular flexibility index (Phi) is 12.5. The third-order valence-corrected chi connectivity index (χ3v) is 9.15. The number of nitro benzene ring substituents is 1. The first kappa shape index (κ1) is 34.5. The highest BCUT2D eigenvalue weighted by atomic mass is 79.9. The first-order valence-corrected chi connectivity index (χ1v) is 16.3. The van der Waals surface area contributed by atoms with Crippen molar-refractivity contribution in [1.82, 2.24) is 20.0 Å². The summed E-state index contributed by atoms with van der Waals surface area (Å²) in [6, 6.07) is 19.1. The fourth-order valence-electron chi connectivity index (χ4n) is 4.66. The van der Waals surface area contributed by atoms with E-state index in [9.17, 15) is 14.9 Å². The van der Waals surface area contributed by atoms with E-state index < -0.39 is 10.8 Å². The fraction of sp³-hybridized carbons (Fsp3) is 0.281. The van der Waals surface area contributed by atoms with Crippen LogP contribution in [0.3, 0.4) is 0 Å². The number of carbonyl (C=O) groups is 1. The Bertz CT molecular complexity index is 1630. The van der Waals surface area contributed by atoms with E-state index in [4.69, 9.17) is 35.4 Å². The lowest BCUT2D eigenvalue weighted by Gasteiger charge is -2.29. The summed E-state index contributed by atoms with van der Waals surface area (Å²) in [7, 11) is 0. The van der Waals surface area contributed by atoms with Crippen LogP contribution in [0.5, 0.6) is 0 Å². The molecule has 0 spiro atoms. The van der Waals surface area contributed by atoms with E-state index in [2.05, 4.69) is 45.5 Å². The molecule has 1 heterocycles. The maximum absolute atomic E-state index is 14.6. The van der Waals surface area contributed by atoms with Crippen LogP contribution in [0.1, 0.15) is 49.4 Å². The second-order valence-electron chi connectivity index (χ2n) is 10.7. The Morgan fingerprint density at radius 2 is 1.84 bits per heavy atom. The van der Waals surface area contributed by atoms with E-state index >= 15 is 0 Å². The van der Waals surface area contributed by atoms with Gasteiger partial charge in [-0.2, -0.15) is 0 Å². The molecule has 0 radical (unpaired) electrons. The Morgan fingerprint density at radius 1 is 1.13 bits per heavy atom. The first-order chi connectivity index (χ1) is 21.6. The Labute approximate surface area is 286 Å². The number of hydrogen-bond acceptors (Lipinski definition) is 6. The van der Waals surface area contributed by atoms with Crippen molar-refractivity contribution in [2.75, 3.05) is 11.9 Å². The number of nitrogens with zero attached hydrogens (tertiary/aromatic N) is 4. The molecule has 1 unspecified atom stereocenters. The molecule has 0 saturated carbocycles. The summed E-state index contributed by atoms with van der Waals surface area (Å²) in [6.07, 6.45) is 5.35. The van der Waals surface area contributed by atoms with Gasteiger partial charge in [-0.15, -0.1) is 0 Å². The van der Waals surface area contributed by atoms with E-state index in [1.54, 1.807) is 36.8 Å². The summed E-state index contributed by atoms with van der Waals surface area (Å²) in [5.74, 6) is -0.635. The normalized spacial score (nSPS) is 12.4. The zero-order valence-corrected chi connectivity index (χ0v) is 28.7. The fourth-order valence-corrected chi connectivity index (χ4v) is 5.60. The first-order valence-electron chi connectivity index (χ1n) is 14.4. The van der Waals surface area contributed by atoms with Crippen molar-refractivity contribution in [2.24, 2.45) is 5.92 Å². The molecular formula is C32H33BrCl2N6O3S. The molecule has 4 aromatic rings. The Hall–Kier alpha value is -3.35. The number of thiocarbonyl (C=S) groups is 1. The minimum atomic E-state index is -0.776. The van der Waals surface area contributed by atoms with Gasteiger partial charge < -0.3 is 9.88 Å². The number of nitro groups is 1. The summed E-state index contributed by atoms with van der Waals surface area (Å²) < 4.78 is 2.77. The molecule has 0 aliphatic heterocycles. The van der Waals surface area contributed by atoms with Gasteiger partial charge in [-0.3, -0.25) is 14.9 Å². The van der Waals surface area contributed by atoms with Crippen molar-refractivity contribution in [3.63, 3.8) is 0 Å². The van der Waals surface area contributed by atoms with Crippen LogP contribution in [0.15, 0.2) is 83.7 Å². The molecule has 236 valence electrons. The maximum Gasteiger partial charge on any atom is 0.269 e. The number of hydrazine groups is 1. The highest BCUT2D eigenvalue weighted by Gasteiger charge is 2.32. The van der Waals surface area contributed by atoms with Gasteiger partial charge in [-0.05, 0) is 72.4 Å². The van der Waals surface area contributed by atoms with Crippen molar-refractivity contribution in [3.8, 4) is 0 Å². The number of aromatic nitrogens is 2. The molecule has 0 fully saturated rings. The Balaban J connectivity index is 1.71. The van der Waals surface area contributed by atoms with E-state index in [1.807, 2.05) is 34.9 Å². The highest BCUT2D eigenvalue weighted by Crippen LogP contribution is 2.32. The van der Waals surface area contributed by atoms with Crippen molar-refractivity contribution in [2.45, 2.75) is 45.6 Å². The topological polar surface area (TPSA) is 105 Å². The van der Waals surface area contributed by atoms with Gasteiger partial charge in [0.25, 0.3) is 11.6 Å². The molecule has 0 bridgehead atoms. The van der Waals surface area contributed by atoms with E-state index in [-0.39, 0.29) is 23.1 Å². The van der Waals surface area contributed by atoms with Crippen LogP contribution in [0, 0.1) is 16.0 Å². The lowest BCUT2D eigenvalue weighted by Crippen LogP contribution is -2.51. The minimum absolute atomic E-state index is 0.000786. The van der Waals surface area contributed by atoms with Gasteiger partial charge in [0.2, 0.25) is 0 Å². The van der Waals surface area contributed by atoms with Gasteiger partial charge in [0.1, 0.15) is 0 Å². The number of non-ortho nitro benzene ring substituents is 1. The number of amides is 1. The molecule has 0 aliphatic rings. The van der Waals surface area contributed by atoms with E-state index in [0.717, 1.165) is 28.6 Å². The molecule has 13 heteroatoms. The number of benzene rings is 3. The number of imidazole rings is 1. The second kappa shape index (κ2) is 16.3. The van der Waals surface area contributed by atoms with Gasteiger partial charge in [0.15, 0.2) is 5.11 Å². The summed E-state index contributed by atoms with van der Waals surface area (Å²) in [6.45, 7) is 5.15. The third kappa shape index (κ3) is 9.34. The van der Waals surface area contributed by atoms with Crippen molar-refractivity contribution in [1.29, 1.82) is 0 Å². The molecule has 45 heavy (non-hydrogen) atoms. The van der Waals surface area contributed by atoms with Crippen LogP contribution in [0.4, 0.5) is 11.4 Å². The van der Waals surface area contributed by atoms with Gasteiger partial charge >= 0.3 is 0 Å². The van der Waals surface area contributed by atoms with Crippen LogP contribution < -0.4 is 10.7 Å². The Morgan fingerprint density at radius 3 is 2.51 bits per heavy atom. The average molecular weight is 733 g/mol. The van der Waals surface area contributed by atoms with Crippen LogP contribution in [0.25, 0.3) is 0 Å². The molecule has 2 N–H and O–H groups in total. The van der Waals surface area contributed by atoms with Crippen molar-refractivity contribution in [3.05, 3.63) is 121 Å². The van der Waals surface area contributed by atoms with Gasteiger partial charge in [0, 0.05) is 41.6 Å². The van der Waals surface area contributed by atoms with Crippen LogP contribution in [0.2, 0.25) is 10.0 Å². The number of nitrogens with one attached hydrogen (secondary N) is 2. The largest absolute Gasteiger partial charge is 0.331 e. The summed E-state index contributed by atoms with van der Waals surface area (Å²) in [5.41, 5.74) is 6.12. The van der Waals surface area contributed by atoms with E-state index in [1.165, 1.54) is 17.1 Å². The molecule has 4 rings (SSSR count). The standard InChI is InChI=1S/C32H33BrCl2N6O3S/c1-3-21(2)15-16-37-40(32(45)38-25-11-9-24(33)10-12-25)31(42)27(17-23-5-4-6-28(34)30(23)35)29-18-36-20-39(29)19-22-7-13-26(14-8-22)41(43)44/h4-14,18,20-21,27,37H,3,15-17,19H2,1-2H3,(H,38,45)/t21-,27?/m0/s1. The second-order valence-corrected chi connectivity index (χ2v) is 12.7. The number of anilines is 1. The van der Waals surface area contributed by atoms with Crippen LogP contribution in [-0.4, -0.2) is 37.0 Å². The summed E-state index contributed by atoms with van der Waals surface area (Å²) >= 11 is 22.2. The third-order valence-electron chi connectivity index (χ3n) is 7.48. The lowest BCUT2D eigenvalue weighted by molar-refractivity contribution is -0.384. The molecule has 0 aliphatic carbocycles. The molecular weight excluding hydrogens is 699 g/mol. The van der Waals surface area contributed by atoms with E-state index in [0.29, 0.717) is 40.3 Å². The zero-order chi connectivity index (χ0) is 32.5. The molecule has 1 aromatic heterocycles. The molecule has 0 saturated heterocycles. The summed E-state index contributed by atoms with van der Waals surface area (Å²) in [4.78, 5) is 29.7. The molecule has 2 atom stereocenters. The molecule has 3 aromatic carbocycles. The van der Waals surface area contributed by atoms with Gasteiger partial charge in [-0.1, -0.05) is 83.7 Å². The summed E-state index contributed by atoms with van der Waals surface area (Å²) in [5, 5.41) is 16.7. The number of hydrogen-bond donors (Lipinski definition) is 2. The van der Waals surface area contributed by atoms with Crippen LogP contribution >= 0.6 is 51.3 Å². The zero-order valence-electron chi connectivity index (χ0n) is 24.8.